The zero-order valence-electron chi connectivity index (χ0n) is 19.0. The van der Waals surface area contributed by atoms with Crippen LogP contribution in [0.15, 0.2) is 64.9 Å². The van der Waals surface area contributed by atoms with E-state index in [1.807, 2.05) is 30.3 Å². The smallest absolute Gasteiger partial charge is 0.259 e. The molecule has 1 heterocycles. The summed E-state index contributed by atoms with van der Waals surface area (Å²) in [6.45, 7) is 6.95. The van der Waals surface area contributed by atoms with Crippen molar-refractivity contribution in [1.29, 1.82) is 5.41 Å². The number of amides is 1. The first-order valence-electron chi connectivity index (χ1n) is 10.6. The third kappa shape index (κ3) is 5.32. The van der Waals surface area contributed by atoms with E-state index in [0.717, 1.165) is 12.0 Å². The zero-order valence-corrected chi connectivity index (χ0v) is 19.0. The van der Waals surface area contributed by atoms with Gasteiger partial charge in [-0.15, -0.1) is 0 Å². The molecule has 1 aliphatic heterocycles. The Hall–Kier alpha value is -3.15. The number of nitrogens with one attached hydrogen (secondary N) is 1. The molecule has 1 amide bonds. The molecule has 3 rings (SSSR count). The van der Waals surface area contributed by atoms with Crippen LogP contribution in [0.2, 0.25) is 0 Å². The summed E-state index contributed by atoms with van der Waals surface area (Å²) in [6, 6.07) is 7.74. The normalized spacial score (nSPS) is 21.5. The fraction of sp³-hybridized carbons (Fsp3) is 0.400. The number of allylic oxidation sites excluding steroid dienone is 4. The first-order chi connectivity index (χ1) is 14.6. The second-order valence-corrected chi connectivity index (χ2v) is 9.27. The average molecular weight is 421 g/mol. The van der Waals surface area contributed by atoms with Gasteiger partial charge in [0.1, 0.15) is 11.6 Å². The Kier molecular flexibility index (Phi) is 6.48. The van der Waals surface area contributed by atoms with Crippen molar-refractivity contribution >= 4 is 17.7 Å². The summed E-state index contributed by atoms with van der Waals surface area (Å²) >= 11 is 0. The van der Waals surface area contributed by atoms with Gasteiger partial charge in [-0.05, 0) is 53.7 Å². The molecule has 1 aromatic carbocycles. The molecule has 1 atom stereocenters. The third-order valence-electron chi connectivity index (χ3n) is 5.52. The number of aliphatic hydroxyl groups is 1. The molecule has 0 bridgehead atoms. The lowest BCUT2D eigenvalue weighted by Gasteiger charge is -2.21. The lowest BCUT2D eigenvalue weighted by Crippen LogP contribution is -2.34. The molecule has 2 aliphatic rings. The highest BCUT2D eigenvalue weighted by Gasteiger charge is 2.31. The number of likely N-dealkylation sites (tertiary alicyclic amines) is 1. The minimum Gasteiger partial charge on any atom is -0.508 e. The maximum Gasteiger partial charge on any atom is 0.259 e. The first kappa shape index (κ1) is 22.5. The Morgan fingerprint density at radius 3 is 2.52 bits per heavy atom. The van der Waals surface area contributed by atoms with Crippen LogP contribution in [0.3, 0.4) is 0 Å². The highest BCUT2D eigenvalue weighted by atomic mass is 16.3. The fourth-order valence-corrected chi connectivity index (χ4v) is 3.64. The molecule has 0 aromatic heterocycles. The van der Waals surface area contributed by atoms with Gasteiger partial charge in [-0.25, -0.2) is 0 Å². The number of aliphatic imine (C=N–C) groups is 1. The number of carbonyl (C=O) groups excluding carboxylic acids is 1. The van der Waals surface area contributed by atoms with Crippen LogP contribution in [0.5, 0.6) is 0 Å². The fourth-order valence-electron chi connectivity index (χ4n) is 3.64. The van der Waals surface area contributed by atoms with E-state index in [0.29, 0.717) is 24.4 Å². The molecule has 6 nitrogen and oxygen atoms in total. The molecule has 1 aliphatic carbocycles. The quantitative estimate of drug-likeness (QED) is 0.539. The van der Waals surface area contributed by atoms with Gasteiger partial charge in [-0.1, -0.05) is 45.1 Å². The van der Waals surface area contributed by atoms with Crippen molar-refractivity contribution in [2.45, 2.75) is 39.0 Å². The van der Waals surface area contributed by atoms with Crippen molar-refractivity contribution in [1.82, 2.24) is 9.80 Å². The first-order valence-corrected chi connectivity index (χ1v) is 10.6. The number of hydrogen-bond donors (Lipinski definition) is 2. The van der Waals surface area contributed by atoms with Crippen molar-refractivity contribution in [3.63, 3.8) is 0 Å². The van der Waals surface area contributed by atoms with E-state index in [1.54, 1.807) is 36.0 Å². The minimum atomic E-state index is -0.115. The monoisotopic (exact) mass is 420 g/mol. The number of benzene rings is 1. The van der Waals surface area contributed by atoms with Crippen LogP contribution in [0, 0.1) is 11.3 Å². The van der Waals surface area contributed by atoms with Crippen molar-refractivity contribution < 1.29 is 9.90 Å². The van der Waals surface area contributed by atoms with Gasteiger partial charge in [0.25, 0.3) is 5.91 Å². The molecular formula is C25H32N4O2. The van der Waals surface area contributed by atoms with Crippen molar-refractivity contribution in [2.24, 2.45) is 10.9 Å². The predicted molar refractivity (Wildman–Crippen MR) is 126 cm³/mol. The molecule has 0 spiro atoms. The molecule has 1 aromatic rings. The van der Waals surface area contributed by atoms with Crippen LogP contribution < -0.4 is 0 Å². The third-order valence-corrected chi connectivity index (χ3v) is 5.52. The SMILES string of the molecule is CN(C)C(=N)N=C1/C(=C/C2C=C(O)C=CC2)CCN1C(=O)c1ccc(C(C)(C)C)cc1. The number of hydrogen-bond acceptors (Lipinski definition) is 3. The van der Waals surface area contributed by atoms with Crippen LogP contribution in [0.4, 0.5) is 0 Å². The zero-order chi connectivity index (χ0) is 22.8. The number of rotatable bonds is 2. The van der Waals surface area contributed by atoms with Gasteiger partial charge in [-0.3, -0.25) is 15.1 Å². The number of nitrogens with zero attached hydrogens (tertiary/aromatic N) is 3. The Morgan fingerprint density at radius 1 is 1.26 bits per heavy atom. The Bertz CT molecular complexity index is 976. The highest BCUT2D eigenvalue weighted by Crippen LogP contribution is 2.27. The summed E-state index contributed by atoms with van der Waals surface area (Å²) in [6.07, 6.45) is 8.94. The van der Waals surface area contributed by atoms with E-state index in [2.05, 4.69) is 31.8 Å². The maximum absolute atomic E-state index is 13.3. The van der Waals surface area contributed by atoms with E-state index in [9.17, 15) is 9.90 Å². The largest absolute Gasteiger partial charge is 0.508 e. The molecule has 1 fully saturated rings. The van der Waals surface area contributed by atoms with Crippen LogP contribution in [0.25, 0.3) is 0 Å². The Morgan fingerprint density at radius 2 is 1.94 bits per heavy atom. The maximum atomic E-state index is 13.3. The number of amidine groups is 1. The van der Waals surface area contributed by atoms with Crippen LogP contribution >= 0.6 is 0 Å². The van der Waals surface area contributed by atoms with Crippen molar-refractivity contribution in [2.75, 3.05) is 20.6 Å². The number of aliphatic hydroxyl groups excluding tert-OH is 1. The summed E-state index contributed by atoms with van der Waals surface area (Å²) < 4.78 is 0. The van der Waals surface area contributed by atoms with Gasteiger partial charge in [0.05, 0.1) is 0 Å². The number of guanidine groups is 1. The highest BCUT2D eigenvalue weighted by molar-refractivity contribution is 6.16. The summed E-state index contributed by atoms with van der Waals surface area (Å²) in [7, 11) is 3.52. The van der Waals surface area contributed by atoms with E-state index in [4.69, 9.17) is 5.41 Å². The molecule has 31 heavy (non-hydrogen) atoms. The summed E-state index contributed by atoms with van der Waals surface area (Å²) in [4.78, 5) is 21.1. The van der Waals surface area contributed by atoms with Gasteiger partial charge in [-0.2, -0.15) is 4.99 Å². The molecule has 1 unspecified atom stereocenters. The second kappa shape index (κ2) is 8.92. The van der Waals surface area contributed by atoms with E-state index in [-0.39, 0.29) is 29.0 Å². The summed E-state index contributed by atoms with van der Waals surface area (Å²) in [5.74, 6) is 0.782. The lowest BCUT2D eigenvalue weighted by molar-refractivity contribution is 0.0857. The summed E-state index contributed by atoms with van der Waals surface area (Å²) in [5, 5.41) is 18.0. The van der Waals surface area contributed by atoms with Gasteiger partial charge in [0, 0.05) is 32.1 Å². The molecule has 2 N–H and O–H groups in total. The second-order valence-electron chi connectivity index (χ2n) is 9.27. The van der Waals surface area contributed by atoms with Crippen molar-refractivity contribution in [3.8, 4) is 0 Å². The van der Waals surface area contributed by atoms with Crippen LogP contribution in [0.1, 0.15) is 49.5 Å². The predicted octanol–water partition coefficient (Wildman–Crippen LogP) is 4.67. The van der Waals surface area contributed by atoms with Crippen molar-refractivity contribution in [3.05, 3.63) is 71.0 Å². The van der Waals surface area contributed by atoms with Gasteiger partial charge < -0.3 is 10.0 Å². The van der Waals surface area contributed by atoms with Gasteiger partial charge >= 0.3 is 0 Å². The van der Waals surface area contributed by atoms with E-state index in [1.165, 1.54) is 5.56 Å². The van der Waals surface area contributed by atoms with E-state index < -0.39 is 0 Å². The molecule has 0 radical (unpaired) electrons. The van der Waals surface area contributed by atoms with E-state index >= 15 is 0 Å². The topological polar surface area (TPSA) is 80.0 Å². The molecule has 164 valence electrons. The van der Waals surface area contributed by atoms with Crippen LogP contribution in [-0.2, 0) is 5.41 Å². The molecule has 0 saturated carbocycles. The molecular weight excluding hydrogens is 388 g/mol. The van der Waals surface area contributed by atoms with Gasteiger partial charge in [0.15, 0.2) is 0 Å². The number of carbonyl (C=O) groups is 1. The Labute approximate surface area is 184 Å². The molecule has 1 saturated heterocycles. The van der Waals surface area contributed by atoms with Crippen LogP contribution in [-0.4, -0.2) is 53.2 Å². The lowest BCUT2D eigenvalue weighted by atomic mass is 9.86. The van der Waals surface area contributed by atoms with Gasteiger partial charge in [0.2, 0.25) is 5.96 Å². The average Bonchev–Trinajstić information content (AvgIpc) is 3.09. The Balaban J connectivity index is 1.92. The molecule has 6 heteroatoms. The minimum absolute atomic E-state index is 0.0199. The standard InChI is InChI=1S/C25H32N4O2/c1-25(2,3)20-11-9-18(10-12-20)23(31)29-14-13-19(22(29)27-24(26)28(4)5)15-17-7-6-8-21(30)16-17/h6,8-12,15-17,26,30H,7,13-14H2,1-5H3/b19-15+,26-24?,27-22?. The summed E-state index contributed by atoms with van der Waals surface area (Å²) in [5.41, 5.74) is 2.73.